The van der Waals surface area contributed by atoms with E-state index in [0.717, 1.165) is 19.5 Å². The summed E-state index contributed by atoms with van der Waals surface area (Å²) < 4.78 is 5.29. The fourth-order valence-corrected chi connectivity index (χ4v) is 1.67. The van der Waals surface area contributed by atoms with Gasteiger partial charge in [0, 0.05) is 26.2 Å². The molecule has 1 N–H and O–H groups in total. The summed E-state index contributed by atoms with van der Waals surface area (Å²) in [6.45, 7) is 2.14. The molecule has 1 aliphatic heterocycles. The van der Waals surface area contributed by atoms with Crippen molar-refractivity contribution in [2.24, 2.45) is 0 Å². The molecular weight excluding hydrogens is 140 g/mol. The summed E-state index contributed by atoms with van der Waals surface area (Å²) in [5, 5.41) is 3.19. The summed E-state index contributed by atoms with van der Waals surface area (Å²) >= 11 is 0. The summed E-state index contributed by atoms with van der Waals surface area (Å²) in [5.41, 5.74) is 0. The Morgan fingerprint density at radius 1 is 1.64 bits per heavy atom. The average Bonchev–Trinajstić information content (AvgIpc) is 2.33. The number of likely N-dealkylation sites (N-methyl/N-ethyl adjacent to an activating group) is 2. The summed E-state index contributed by atoms with van der Waals surface area (Å²) in [5.74, 6) is 0. The topological polar surface area (TPSA) is 24.5 Å². The molecule has 0 aromatic heterocycles. The molecule has 3 nitrogen and oxygen atoms in total. The van der Waals surface area contributed by atoms with Crippen LogP contribution in [0.15, 0.2) is 0 Å². The monoisotopic (exact) mass is 158 g/mol. The lowest BCUT2D eigenvalue weighted by Crippen LogP contribution is -2.33. The molecule has 3 heteroatoms. The van der Waals surface area contributed by atoms with E-state index < -0.39 is 0 Å². The third-order valence-corrected chi connectivity index (χ3v) is 2.42. The van der Waals surface area contributed by atoms with Gasteiger partial charge in [0.05, 0.1) is 6.10 Å². The highest BCUT2D eigenvalue weighted by Crippen LogP contribution is 2.16. The van der Waals surface area contributed by atoms with Crippen LogP contribution < -0.4 is 5.32 Å². The standard InChI is InChI=1S/C8H18N2O/c1-9-5-7-4-8(11-3)6-10(7)2/h7-9H,4-6H2,1-3H3/t7-,8-/m1/s1. The SMILES string of the molecule is CNC[C@H]1C[C@@H](OC)CN1C. The van der Waals surface area contributed by atoms with Crippen molar-refractivity contribution in [3.8, 4) is 0 Å². The Hall–Kier alpha value is -0.120. The van der Waals surface area contributed by atoms with Crippen molar-refractivity contribution in [1.29, 1.82) is 0 Å². The minimum Gasteiger partial charge on any atom is -0.380 e. The minimum absolute atomic E-state index is 0.443. The molecule has 1 saturated heterocycles. The van der Waals surface area contributed by atoms with Gasteiger partial charge in [-0.1, -0.05) is 0 Å². The van der Waals surface area contributed by atoms with Crippen LogP contribution in [-0.2, 0) is 4.74 Å². The molecule has 2 atom stereocenters. The van der Waals surface area contributed by atoms with Crippen molar-refractivity contribution in [1.82, 2.24) is 10.2 Å². The van der Waals surface area contributed by atoms with Gasteiger partial charge in [0.2, 0.25) is 0 Å². The van der Waals surface area contributed by atoms with Crippen LogP contribution in [-0.4, -0.2) is 51.3 Å². The number of likely N-dealkylation sites (tertiary alicyclic amines) is 1. The van der Waals surface area contributed by atoms with Gasteiger partial charge in [-0.3, -0.25) is 4.90 Å². The third kappa shape index (κ3) is 2.15. The van der Waals surface area contributed by atoms with E-state index in [4.69, 9.17) is 4.74 Å². The normalized spacial score (nSPS) is 33.0. The smallest absolute Gasteiger partial charge is 0.0713 e. The number of nitrogens with one attached hydrogen (secondary N) is 1. The zero-order valence-electron chi connectivity index (χ0n) is 7.63. The largest absolute Gasteiger partial charge is 0.380 e. The van der Waals surface area contributed by atoms with E-state index in [0.29, 0.717) is 12.1 Å². The lowest BCUT2D eigenvalue weighted by atomic mass is 10.2. The molecule has 0 saturated carbocycles. The summed E-state index contributed by atoms with van der Waals surface area (Å²) in [7, 11) is 5.94. The van der Waals surface area contributed by atoms with Gasteiger partial charge in [-0.2, -0.15) is 0 Å². The van der Waals surface area contributed by atoms with Crippen LogP contribution >= 0.6 is 0 Å². The maximum Gasteiger partial charge on any atom is 0.0713 e. The van der Waals surface area contributed by atoms with Crippen LogP contribution in [0.25, 0.3) is 0 Å². The van der Waals surface area contributed by atoms with Crippen LogP contribution in [0.3, 0.4) is 0 Å². The van der Waals surface area contributed by atoms with Gasteiger partial charge >= 0.3 is 0 Å². The van der Waals surface area contributed by atoms with Crippen LogP contribution in [0, 0.1) is 0 Å². The van der Waals surface area contributed by atoms with Gasteiger partial charge in [-0.05, 0) is 20.5 Å². The Balaban J connectivity index is 2.32. The molecule has 0 unspecified atom stereocenters. The molecule has 0 aromatic carbocycles. The average molecular weight is 158 g/mol. The molecule has 0 amide bonds. The number of rotatable bonds is 3. The van der Waals surface area contributed by atoms with E-state index in [1.54, 1.807) is 7.11 Å². The zero-order valence-corrected chi connectivity index (χ0v) is 7.63. The molecule has 1 heterocycles. The second kappa shape index (κ2) is 4.04. The predicted octanol–water partition coefficient (Wildman–Crippen LogP) is -0.0751. The second-order valence-corrected chi connectivity index (χ2v) is 3.24. The molecule has 0 radical (unpaired) electrons. The quantitative estimate of drug-likeness (QED) is 0.622. The highest BCUT2D eigenvalue weighted by molar-refractivity contribution is 4.84. The maximum atomic E-state index is 5.29. The molecular formula is C8H18N2O. The number of ether oxygens (including phenoxy) is 1. The zero-order chi connectivity index (χ0) is 8.27. The number of nitrogens with zero attached hydrogens (tertiary/aromatic N) is 1. The molecule has 1 fully saturated rings. The van der Waals surface area contributed by atoms with Crippen LogP contribution in [0.1, 0.15) is 6.42 Å². The van der Waals surface area contributed by atoms with E-state index in [9.17, 15) is 0 Å². The van der Waals surface area contributed by atoms with E-state index in [1.165, 1.54) is 0 Å². The lowest BCUT2D eigenvalue weighted by molar-refractivity contribution is 0.111. The minimum atomic E-state index is 0.443. The molecule has 1 rings (SSSR count). The van der Waals surface area contributed by atoms with Crippen molar-refractivity contribution in [2.75, 3.05) is 34.3 Å². The number of methoxy groups -OCH3 is 1. The third-order valence-electron chi connectivity index (χ3n) is 2.42. The summed E-state index contributed by atoms with van der Waals surface area (Å²) in [6.07, 6.45) is 1.60. The fourth-order valence-electron chi connectivity index (χ4n) is 1.67. The Morgan fingerprint density at radius 2 is 2.36 bits per heavy atom. The van der Waals surface area contributed by atoms with Gasteiger partial charge in [0.15, 0.2) is 0 Å². The summed E-state index contributed by atoms with van der Waals surface area (Å²) in [4.78, 5) is 2.35. The van der Waals surface area contributed by atoms with Gasteiger partial charge < -0.3 is 10.1 Å². The highest BCUT2D eigenvalue weighted by Gasteiger charge is 2.28. The molecule has 0 aliphatic carbocycles. The molecule has 1 aliphatic rings. The fraction of sp³-hybridized carbons (Fsp3) is 1.00. The first kappa shape index (κ1) is 8.97. The van der Waals surface area contributed by atoms with Crippen molar-refractivity contribution in [3.05, 3.63) is 0 Å². The molecule has 11 heavy (non-hydrogen) atoms. The van der Waals surface area contributed by atoms with Crippen molar-refractivity contribution >= 4 is 0 Å². The van der Waals surface area contributed by atoms with Crippen LogP contribution in [0.5, 0.6) is 0 Å². The van der Waals surface area contributed by atoms with Crippen molar-refractivity contribution in [2.45, 2.75) is 18.6 Å². The Morgan fingerprint density at radius 3 is 2.82 bits per heavy atom. The number of hydrogen-bond donors (Lipinski definition) is 1. The lowest BCUT2D eigenvalue weighted by Gasteiger charge is -2.17. The highest BCUT2D eigenvalue weighted by atomic mass is 16.5. The second-order valence-electron chi connectivity index (χ2n) is 3.24. The Bertz CT molecular complexity index is 119. The van der Waals surface area contributed by atoms with E-state index in [2.05, 4.69) is 17.3 Å². The van der Waals surface area contributed by atoms with E-state index >= 15 is 0 Å². The van der Waals surface area contributed by atoms with Crippen molar-refractivity contribution < 1.29 is 4.74 Å². The van der Waals surface area contributed by atoms with Crippen LogP contribution in [0.4, 0.5) is 0 Å². The first-order valence-electron chi connectivity index (χ1n) is 4.15. The van der Waals surface area contributed by atoms with E-state index in [1.807, 2.05) is 7.05 Å². The Kier molecular flexibility index (Phi) is 3.30. The molecule has 66 valence electrons. The first-order valence-corrected chi connectivity index (χ1v) is 4.15. The van der Waals surface area contributed by atoms with Gasteiger partial charge in [-0.25, -0.2) is 0 Å². The van der Waals surface area contributed by atoms with Gasteiger partial charge in [0.25, 0.3) is 0 Å². The Labute approximate surface area is 68.7 Å². The van der Waals surface area contributed by atoms with E-state index in [-0.39, 0.29) is 0 Å². The molecule has 0 spiro atoms. The molecule has 0 aromatic rings. The number of hydrogen-bond acceptors (Lipinski definition) is 3. The summed E-state index contributed by atoms with van der Waals surface area (Å²) in [6, 6.07) is 0.657. The van der Waals surface area contributed by atoms with Crippen molar-refractivity contribution in [3.63, 3.8) is 0 Å². The van der Waals surface area contributed by atoms with Crippen LogP contribution in [0.2, 0.25) is 0 Å². The van der Waals surface area contributed by atoms with Gasteiger partial charge in [-0.15, -0.1) is 0 Å². The first-order chi connectivity index (χ1) is 5.27. The molecule has 0 bridgehead atoms. The predicted molar refractivity (Wildman–Crippen MR) is 45.8 cm³/mol. The van der Waals surface area contributed by atoms with Gasteiger partial charge in [0.1, 0.15) is 0 Å². The maximum absolute atomic E-state index is 5.29.